The van der Waals surface area contributed by atoms with Crippen LogP contribution in [0.4, 0.5) is 0 Å². The Labute approximate surface area is 118 Å². The Hall–Kier alpha value is -1.69. The second kappa shape index (κ2) is 6.65. The van der Waals surface area contributed by atoms with Crippen LogP contribution in [-0.4, -0.2) is 46.9 Å². The van der Waals surface area contributed by atoms with Crippen molar-refractivity contribution < 1.29 is 9.53 Å². The van der Waals surface area contributed by atoms with Gasteiger partial charge in [-0.2, -0.15) is 5.10 Å². The fraction of sp³-hybridized carbons (Fsp3) is 0.643. The van der Waals surface area contributed by atoms with Crippen LogP contribution < -0.4 is 5.56 Å². The highest BCUT2D eigenvalue weighted by atomic mass is 16.5. The monoisotopic (exact) mass is 279 g/mol. The first-order chi connectivity index (χ1) is 9.63. The van der Waals surface area contributed by atoms with Crippen LogP contribution in [0.3, 0.4) is 0 Å². The van der Waals surface area contributed by atoms with Crippen LogP contribution in [0.2, 0.25) is 0 Å². The minimum Gasteiger partial charge on any atom is -0.383 e. The molecule has 1 aliphatic rings. The van der Waals surface area contributed by atoms with Gasteiger partial charge in [0.15, 0.2) is 0 Å². The van der Waals surface area contributed by atoms with Crippen LogP contribution in [0.1, 0.15) is 36.7 Å². The van der Waals surface area contributed by atoms with Gasteiger partial charge in [-0.1, -0.05) is 0 Å². The van der Waals surface area contributed by atoms with Gasteiger partial charge < -0.3 is 9.64 Å². The standard InChI is InChI=1S/C14H21N3O3/c1-11-5-3-4-8-16(11)14(19)12-6-7-13(18)17(15-12)9-10-20-2/h6-7,11H,3-5,8-10H2,1-2H3/t11-/m0/s1. The van der Waals surface area contributed by atoms with Crippen LogP contribution in [0.5, 0.6) is 0 Å². The second-order valence-corrected chi connectivity index (χ2v) is 5.12. The zero-order chi connectivity index (χ0) is 14.5. The molecule has 110 valence electrons. The van der Waals surface area contributed by atoms with Crippen molar-refractivity contribution in [1.82, 2.24) is 14.7 Å². The van der Waals surface area contributed by atoms with Crippen LogP contribution in [0, 0.1) is 0 Å². The summed E-state index contributed by atoms with van der Waals surface area (Å²) in [5.74, 6) is -0.0941. The predicted octanol–water partition coefficient (Wildman–Crippen LogP) is 0.904. The lowest BCUT2D eigenvalue weighted by Gasteiger charge is -2.33. The van der Waals surface area contributed by atoms with Crippen molar-refractivity contribution in [2.75, 3.05) is 20.3 Å². The molecule has 1 aromatic rings. The van der Waals surface area contributed by atoms with E-state index in [1.165, 1.54) is 16.8 Å². The van der Waals surface area contributed by atoms with Gasteiger partial charge in [-0.15, -0.1) is 0 Å². The summed E-state index contributed by atoms with van der Waals surface area (Å²) < 4.78 is 6.22. The first-order valence-corrected chi connectivity index (χ1v) is 7.01. The third-order valence-corrected chi connectivity index (χ3v) is 3.66. The van der Waals surface area contributed by atoms with E-state index in [1.54, 1.807) is 7.11 Å². The molecule has 2 rings (SSSR count). The normalized spacial score (nSPS) is 19.1. The number of aromatic nitrogens is 2. The topological polar surface area (TPSA) is 64.4 Å². The lowest BCUT2D eigenvalue weighted by molar-refractivity contribution is 0.0625. The largest absolute Gasteiger partial charge is 0.383 e. The molecule has 1 fully saturated rings. The smallest absolute Gasteiger partial charge is 0.274 e. The molecule has 0 radical (unpaired) electrons. The van der Waals surface area contributed by atoms with Crippen LogP contribution >= 0.6 is 0 Å². The number of methoxy groups -OCH3 is 1. The number of nitrogens with zero attached hydrogens (tertiary/aromatic N) is 3. The van der Waals surface area contributed by atoms with Gasteiger partial charge in [0.2, 0.25) is 0 Å². The fourth-order valence-corrected chi connectivity index (χ4v) is 2.45. The summed E-state index contributed by atoms with van der Waals surface area (Å²) in [7, 11) is 1.56. The number of rotatable bonds is 4. The number of carbonyl (C=O) groups excluding carboxylic acids is 1. The zero-order valence-electron chi connectivity index (χ0n) is 12.0. The first-order valence-electron chi connectivity index (χ1n) is 7.01. The molecule has 1 aromatic heterocycles. The maximum atomic E-state index is 12.5. The molecule has 1 amide bonds. The molecule has 0 aromatic carbocycles. The summed E-state index contributed by atoms with van der Waals surface area (Å²) >= 11 is 0. The Kier molecular flexibility index (Phi) is 4.89. The van der Waals surface area contributed by atoms with Crippen molar-refractivity contribution in [3.63, 3.8) is 0 Å². The molecule has 1 atom stereocenters. The summed E-state index contributed by atoms with van der Waals surface area (Å²) in [6.07, 6.45) is 3.21. The van der Waals surface area contributed by atoms with Crippen molar-refractivity contribution in [2.24, 2.45) is 0 Å². The molecule has 0 aliphatic carbocycles. The maximum Gasteiger partial charge on any atom is 0.274 e. The predicted molar refractivity (Wildman–Crippen MR) is 74.7 cm³/mol. The molecule has 0 bridgehead atoms. The second-order valence-electron chi connectivity index (χ2n) is 5.12. The van der Waals surface area contributed by atoms with Gasteiger partial charge in [0.05, 0.1) is 13.2 Å². The molecule has 0 unspecified atom stereocenters. The quantitative estimate of drug-likeness (QED) is 0.821. The lowest BCUT2D eigenvalue weighted by atomic mass is 10.0. The highest BCUT2D eigenvalue weighted by Gasteiger charge is 2.25. The molecular weight excluding hydrogens is 258 g/mol. The SMILES string of the molecule is COCCn1nc(C(=O)N2CCCC[C@@H]2C)ccc1=O. The van der Waals surface area contributed by atoms with Crippen LogP contribution in [-0.2, 0) is 11.3 Å². The Bertz CT molecular complexity index is 527. The molecule has 0 saturated carbocycles. The summed E-state index contributed by atoms with van der Waals surface area (Å²) in [6, 6.07) is 3.14. The molecule has 1 saturated heterocycles. The Morgan fingerprint density at radius 1 is 1.45 bits per heavy atom. The van der Waals surface area contributed by atoms with E-state index < -0.39 is 0 Å². The van der Waals surface area contributed by atoms with Gasteiger partial charge in [-0.3, -0.25) is 9.59 Å². The summed E-state index contributed by atoms with van der Waals surface area (Å²) in [5.41, 5.74) is 0.111. The minimum absolute atomic E-state index is 0.0941. The third kappa shape index (κ3) is 3.25. The summed E-state index contributed by atoms with van der Waals surface area (Å²) in [6.45, 7) is 3.56. The lowest BCUT2D eigenvalue weighted by Crippen LogP contribution is -2.43. The number of piperidine rings is 1. The molecular formula is C14H21N3O3. The highest BCUT2D eigenvalue weighted by Crippen LogP contribution is 2.18. The van der Waals surface area contributed by atoms with E-state index in [0.717, 1.165) is 25.8 Å². The zero-order valence-corrected chi connectivity index (χ0v) is 12.0. The summed E-state index contributed by atoms with van der Waals surface area (Å²) in [4.78, 5) is 26.0. The van der Waals surface area contributed by atoms with E-state index >= 15 is 0 Å². The van der Waals surface area contributed by atoms with Crippen molar-refractivity contribution in [3.05, 3.63) is 28.2 Å². The van der Waals surface area contributed by atoms with Crippen molar-refractivity contribution in [1.29, 1.82) is 0 Å². The average Bonchev–Trinajstić information content (AvgIpc) is 2.46. The molecule has 2 heterocycles. The number of hydrogen-bond acceptors (Lipinski definition) is 4. The fourth-order valence-electron chi connectivity index (χ4n) is 2.45. The van der Waals surface area contributed by atoms with E-state index in [2.05, 4.69) is 12.0 Å². The maximum absolute atomic E-state index is 12.5. The molecule has 1 aliphatic heterocycles. The minimum atomic E-state index is -0.217. The Morgan fingerprint density at radius 3 is 2.95 bits per heavy atom. The van der Waals surface area contributed by atoms with Gasteiger partial charge in [0.1, 0.15) is 5.69 Å². The number of likely N-dealkylation sites (tertiary alicyclic amines) is 1. The first kappa shape index (κ1) is 14.7. The number of amides is 1. The van der Waals surface area contributed by atoms with Gasteiger partial charge in [-0.25, -0.2) is 4.68 Å². The molecule has 6 heteroatoms. The highest BCUT2D eigenvalue weighted by molar-refractivity contribution is 5.92. The number of ether oxygens (including phenoxy) is 1. The van der Waals surface area contributed by atoms with E-state index in [-0.39, 0.29) is 17.5 Å². The van der Waals surface area contributed by atoms with Crippen LogP contribution in [0.25, 0.3) is 0 Å². The van der Waals surface area contributed by atoms with E-state index in [1.807, 2.05) is 4.90 Å². The van der Waals surface area contributed by atoms with Gasteiger partial charge >= 0.3 is 0 Å². The van der Waals surface area contributed by atoms with Gasteiger partial charge in [-0.05, 0) is 32.3 Å². The Balaban J connectivity index is 2.19. The summed E-state index contributed by atoms with van der Waals surface area (Å²) in [5, 5.41) is 4.15. The van der Waals surface area contributed by atoms with E-state index in [9.17, 15) is 9.59 Å². The van der Waals surface area contributed by atoms with Gasteiger partial charge in [0.25, 0.3) is 11.5 Å². The van der Waals surface area contributed by atoms with E-state index in [0.29, 0.717) is 18.8 Å². The third-order valence-electron chi connectivity index (χ3n) is 3.66. The molecule has 0 N–H and O–H groups in total. The molecule has 0 spiro atoms. The Morgan fingerprint density at radius 2 is 2.25 bits per heavy atom. The van der Waals surface area contributed by atoms with Crippen LogP contribution in [0.15, 0.2) is 16.9 Å². The van der Waals surface area contributed by atoms with Crippen molar-refractivity contribution in [3.8, 4) is 0 Å². The van der Waals surface area contributed by atoms with Crippen molar-refractivity contribution in [2.45, 2.75) is 38.8 Å². The molecule has 6 nitrogen and oxygen atoms in total. The van der Waals surface area contributed by atoms with Gasteiger partial charge in [0, 0.05) is 25.8 Å². The number of hydrogen-bond donors (Lipinski definition) is 0. The number of carbonyl (C=O) groups is 1. The van der Waals surface area contributed by atoms with Crippen molar-refractivity contribution >= 4 is 5.91 Å². The van der Waals surface area contributed by atoms with E-state index in [4.69, 9.17) is 4.74 Å². The molecule has 20 heavy (non-hydrogen) atoms. The average molecular weight is 279 g/mol.